The fourth-order valence-corrected chi connectivity index (χ4v) is 2.41. The Morgan fingerprint density at radius 2 is 2.20 bits per heavy atom. The van der Waals surface area contributed by atoms with E-state index in [-0.39, 0.29) is 23.1 Å². The third kappa shape index (κ3) is 2.71. The number of hydrogen-bond acceptors (Lipinski definition) is 3. The SMILES string of the molecule is COC(=O)N1CCCC(C)C1C(=O)CBr. The number of methoxy groups -OCH3 is 1. The van der Waals surface area contributed by atoms with Crippen molar-refractivity contribution in [2.75, 3.05) is 19.0 Å². The maximum Gasteiger partial charge on any atom is 0.410 e. The Hall–Kier alpha value is -0.580. The van der Waals surface area contributed by atoms with Crippen LogP contribution in [0, 0.1) is 5.92 Å². The van der Waals surface area contributed by atoms with Gasteiger partial charge in [0, 0.05) is 6.54 Å². The fourth-order valence-electron chi connectivity index (χ4n) is 2.08. The van der Waals surface area contributed by atoms with Crippen LogP contribution in [0.3, 0.4) is 0 Å². The van der Waals surface area contributed by atoms with Crippen LogP contribution < -0.4 is 0 Å². The highest BCUT2D eigenvalue weighted by atomic mass is 79.9. The molecule has 0 radical (unpaired) electrons. The van der Waals surface area contributed by atoms with Gasteiger partial charge in [-0.15, -0.1) is 0 Å². The first-order chi connectivity index (χ1) is 7.11. The van der Waals surface area contributed by atoms with E-state index >= 15 is 0 Å². The number of amides is 1. The summed E-state index contributed by atoms with van der Waals surface area (Å²) in [5, 5.41) is 0.287. The molecule has 1 aliphatic rings. The topological polar surface area (TPSA) is 46.6 Å². The van der Waals surface area contributed by atoms with Crippen LogP contribution in [-0.4, -0.2) is 41.8 Å². The van der Waals surface area contributed by atoms with Gasteiger partial charge >= 0.3 is 6.09 Å². The second-order valence-corrected chi connectivity index (χ2v) is 4.39. The molecule has 0 aromatic heterocycles. The van der Waals surface area contributed by atoms with Gasteiger partial charge in [0.1, 0.15) is 0 Å². The Bertz CT molecular complexity index is 257. The zero-order valence-corrected chi connectivity index (χ0v) is 10.6. The number of ketones is 1. The lowest BCUT2D eigenvalue weighted by Crippen LogP contribution is -2.52. The number of nitrogens with zero attached hydrogens (tertiary/aromatic N) is 1. The predicted octanol–water partition coefficient (Wildman–Crippen LogP) is 1.82. The van der Waals surface area contributed by atoms with E-state index in [0.717, 1.165) is 12.8 Å². The monoisotopic (exact) mass is 277 g/mol. The molecule has 1 fully saturated rings. The minimum Gasteiger partial charge on any atom is -0.453 e. The fraction of sp³-hybridized carbons (Fsp3) is 0.800. The number of likely N-dealkylation sites (tertiary alicyclic amines) is 1. The van der Waals surface area contributed by atoms with Gasteiger partial charge in [0.25, 0.3) is 0 Å². The summed E-state index contributed by atoms with van der Waals surface area (Å²) in [6.07, 6.45) is 1.51. The van der Waals surface area contributed by atoms with Crippen LogP contribution in [0.5, 0.6) is 0 Å². The average Bonchev–Trinajstić information content (AvgIpc) is 2.26. The number of carbonyl (C=O) groups excluding carboxylic acids is 2. The molecular weight excluding hydrogens is 262 g/mol. The zero-order chi connectivity index (χ0) is 11.4. The number of piperidine rings is 1. The molecule has 1 heterocycles. The molecule has 0 aliphatic carbocycles. The van der Waals surface area contributed by atoms with Crippen molar-refractivity contribution in [2.45, 2.75) is 25.8 Å². The highest BCUT2D eigenvalue weighted by Crippen LogP contribution is 2.24. The highest BCUT2D eigenvalue weighted by molar-refractivity contribution is 9.09. The van der Waals surface area contributed by atoms with E-state index in [0.29, 0.717) is 6.54 Å². The first kappa shape index (κ1) is 12.5. The summed E-state index contributed by atoms with van der Waals surface area (Å²) in [7, 11) is 1.34. The van der Waals surface area contributed by atoms with Crippen LogP contribution in [0.2, 0.25) is 0 Å². The Balaban J connectivity index is 2.81. The molecule has 86 valence electrons. The minimum atomic E-state index is -0.402. The van der Waals surface area contributed by atoms with Crippen LogP contribution in [0.1, 0.15) is 19.8 Å². The van der Waals surface area contributed by atoms with Gasteiger partial charge in [0.15, 0.2) is 5.78 Å². The van der Waals surface area contributed by atoms with Gasteiger partial charge < -0.3 is 4.74 Å². The maximum absolute atomic E-state index is 11.7. The van der Waals surface area contributed by atoms with E-state index in [9.17, 15) is 9.59 Å². The lowest BCUT2D eigenvalue weighted by atomic mass is 9.89. The Morgan fingerprint density at radius 3 is 2.73 bits per heavy atom. The molecule has 0 bridgehead atoms. The van der Waals surface area contributed by atoms with Crippen LogP contribution in [0.15, 0.2) is 0 Å². The smallest absolute Gasteiger partial charge is 0.410 e. The third-order valence-electron chi connectivity index (χ3n) is 2.80. The summed E-state index contributed by atoms with van der Waals surface area (Å²) in [5.74, 6) is 0.260. The van der Waals surface area contributed by atoms with E-state index in [2.05, 4.69) is 20.7 Å². The first-order valence-electron chi connectivity index (χ1n) is 5.05. The van der Waals surface area contributed by atoms with Crippen LogP contribution >= 0.6 is 15.9 Å². The largest absolute Gasteiger partial charge is 0.453 e. The van der Waals surface area contributed by atoms with Gasteiger partial charge in [0.2, 0.25) is 0 Å². The second kappa shape index (κ2) is 5.49. The van der Waals surface area contributed by atoms with Crippen molar-refractivity contribution < 1.29 is 14.3 Å². The second-order valence-electron chi connectivity index (χ2n) is 3.83. The van der Waals surface area contributed by atoms with Crippen LogP contribution in [-0.2, 0) is 9.53 Å². The molecule has 0 N–H and O–H groups in total. The van der Waals surface area contributed by atoms with Gasteiger partial charge in [-0.05, 0) is 18.8 Å². The minimum absolute atomic E-state index is 0.0487. The Kier molecular flexibility index (Phi) is 4.57. The molecule has 1 amide bonds. The molecular formula is C10H16BrNO3. The van der Waals surface area contributed by atoms with E-state index in [1.165, 1.54) is 12.0 Å². The zero-order valence-electron chi connectivity index (χ0n) is 9.03. The van der Waals surface area contributed by atoms with Gasteiger partial charge in [0.05, 0.1) is 18.5 Å². The van der Waals surface area contributed by atoms with Crippen LogP contribution in [0.25, 0.3) is 0 Å². The normalized spacial score (nSPS) is 26.2. The molecule has 0 aromatic rings. The summed E-state index contributed by atoms with van der Waals surface area (Å²) >= 11 is 3.15. The van der Waals surface area contributed by atoms with Crippen molar-refractivity contribution in [3.8, 4) is 0 Å². The van der Waals surface area contributed by atoms with Crippen molar-refractivity contribution >= 4 is 27.8 Å². The van der Waals surface area contributed by atoms with E-state index in [1.807, 2.05) is 6.92 Å². The third-order valence-corrected chi connectivity index (χ3v) is 3.36. The lowest BCUT2D eigenvalue weighted by molar-refractivity contribution is -0.123. The van der Waals surface area contributed by atoms with E-state index < -0.39 is 6.09 Å². The summed E-state index contributed by atoms with van der Waals surface area (Å²) in [6.45, 7) is 2.61. The molecule has 2 unspecified atom stereocenters. The van der Waals surface area contributed by atoms with Gasteiger partial charge in [-0.1, -0.05) is 22.9 Å². The molecule has 1 aliphatic heterocycles. The number of halogens is 1. The number of Topliss-reactive ketones (excluding diaryl/α,β-unsaturated/α-hetero) is 1. The van der Waals surface area contributed by atoms with Gasteiger partial charge in [-0.2, -0.15) is 0 Å². The van der Waals surface area contributed by atoms with E-state index in [1.54, 1.807) is 0 Å². The van der Waals surface area contributed by atoms with Crippen molar-refractivity contribution in [2.24, 2.45) is 5.92 Å². The van der Waals surface area contributed by atoms with Crippen LogP contribution in [0.4, 0.5) is 4.79 Å². The number of hydrogen-bond donors (Lipinski definition) is 0. The molecule has 0 spiro atoms. The molecule has 4 nitrogen and oxygen atoms in total. The summed E-state index contributed by atoms with van der Waals surface area (Å²) in [4.78, 5) is 24.7. The molecule has 15 heavy (non-hydrogen) atoms. The molecule has 2 atom stereocenters. The van der Waals surface area contributed by atoms with Crippen molar-refractivity contribution in [1.82, 2.24) is 4.90 Å². The molecule has 0 saturated carbocycles. The van der Waals surface area contributed by atoms with Gasteiger partial charge in [-0.3, -0.25) is 9.69 Å². The summed E-state index contributed by atoms with van der Waals surface area (Å²) < 4.78 is 4.68. The Morgan fingerprint density at radius 1 is 1.53 bits per heavy atom. The van der Waals surface area contributed by atoms with Crippen molar-refractivity contribution in [3.63, 3.8) is 0 Å². The number of carbonyl (C=O) groups is 2. The quantitative estimate of drug-likeness (QED) is 0.724. The van der Waals surface area contributed by atoms with E-state index in [4.69, 9.17) is 0 Å². The van der Waals surface area contributed by atoms with Crippen molar-refractivity contribution in [3.05, 3.63) is 0 Å². The van der Waals surface area contributed by atoms with Gasteiger partial charge in [-0.25, -0.2) is 4.79 Å². The molecule has 1 rings (SSSR count). The summed E-state index contributed by atoms with van der Waals surface area (Å²) in [5.41, 5.74) is 0. The number of rotatable bonds is 2. The average molecular weight is 278 g/mol. The standard InChI is InChI=1S/C10H16BrNO3/c1-7-4-3-5-12(10(14)15-2)9(7)8(13)6-11/h7,9H,3-6H2,1-2H3. The predicted molar refractivity (Wildman–Crippen MR) is 60.1 cm³/mol. The Labute approximate surface area is 98.1 Å². The number of ether oxygens (including phenoxy) is 1. The molecule has 1 saturated heterocycles. The molecule has 5 heteroatoms. The lowest BCUT2D eigenvalue weighted by Gasteiger charge is -2.37. The molecule has 0 aromatic carbocycles. The highest BCUT2D eigenvalue weighted by Gasteiger charge is 2.36. The summed E-state index contributed by atoms with van der Waals surface area (Å²) in [6, 6.07) is -0.328. The van der Waals surface area contributed by atoms with Crippen molar-refractivity contribution in [1.29, 1.82) is 0 Å². The first-order valence-corrected chi connectivity index (χ1v) is 6.17. The number of alkyl halides is 1. The maximum atomic E-state index is 11.7.